The Kier molecular flexibility index (Phi) is 5.08. The smallest absolute Gasteiger partial charge is 0.336 e. The summed E-state index contributed by atoms with van der Waals surface area (Å²) < 4.78 is 40.6. The van der Waals surface area contributed by atoms with Gasteiger partial charge in [-0.15, -0.1) is 0 Å². The normalized spacial score (nSPS) is 14.4. The van der Waals surface area contributed by atoms with Crippen LogP contribution in [0.3, 0.4) is 0 Å². The van der Waals surface area contributed by atoms with Crippen LogP contribution in [0.2, 0.25) is 0 Å². The van der Waals surface area contributed by atoms with Gasteiger partial charge in [0.15, 0.2) is 0 Å². The van der Waals surface area contributed by atoms with E-state index >= 15 is 0 Å². The second-order valence-corrected chi connectivity index (χ2v) is 7.02. The number of rotatable bonds is 3. The van der Waals surface area contributed by atoms with Crippen LogP contribution in [0.25, 0.3) is 11.3 Å². The van der Waals surface area contributed by atoms with Crippen molar-refractivity contribution in [2.75, 3.05) is 6.54 Å². The molecule has 0 atom stereocenters. The minimum atomic E-state index is -4.42. The number of hydrogen-bond donors (Lipinski definition) is 0. The monoisotopic (exact) mass is 400 g/mol. The number of carbonyl (C=O) groups is 1. The number of benzene rings is 1. The van der Waals surface area contributed by atoms with E-state index in [1.165, 1.54) is 6.07 Å². The lowest BCUT2D eigenvalue weighted by Gasteiger charge is -2.20. The summed E-state index contributed by atoms with van der Waals surface area (Å²) in [6, 6.07) is 10.6. The van der Waals surface area contributed by atoms with E-state index in [-0.39, 0.29) is 12.3 Å². The van der Waals surface area contributed by atoms with E-state index in [4.69, 9.17) is 0 Å². The SMILES string of the molecule is O=C(Cc1cccc(C(F)(F)F)c1)N1CCCn2nc(-c3ccncc3)cc2C1. The van der Waals surface area contributed by atoms with Crippen molar-refractivity contribution in [1.82, 2.24) is 19.7 Å². The van der Waals surface area contributed by atoms with Crippen LogP contribution in [0.15, 0.2) is 54.9 Å². The Labute approximate surface area is 165 Å². The molecule has 5 nitrogen and oxygen atoms in total. The molecule has 4 rings (SSSR count). The van der Waals surface area contributed by atoms with Crippen molar-refractivity contribution >= 4 is 5.91 Å². The van der Waals surface area contributed by atoms with Gasteiger partial charge in [-0.25, -0.2) is 0 Å². The quantitative estimate of drug-likeness (QED) is 0.669. The van der Waals surface area contributed by atoms with Crippen molar-refractivity contribution in [1.29, 1.82) is 0 Å². The Morgan fingerprint density at radius 1 is 1.07 bits per heavy atom. The molecule has 1 aromatic carbocycles. The van der Waals surface area contributed by atoms with Crippen molar-refractivity contribution in [3.05, 3.63) is 71.7 Å². The summed E-state index contributed by atoms with van der Waals surface area (Å²) in [6.45, 7) is 1.62. The van der Waals surface area contributed by atoms with Crippen LogP contribution < -0.4 is 0 Å². The van der Waals surface area contributed by atoms with Crippen molar-refractivity contribution in [3.8, 4) is 11.3 Å². The van der Waals surface area contributed by atoms with Crippen molar-refractivity contribution in [2.24, 2.45) is 0 Å². The topological polar surface area (TPSA) is 51.0 Å². The number of halogens is 3. The highest BCUT2D eigenvalue weighted by Crippen LogP contribution is 2.30. The fourth-order valence-electron chi connectivity index (χ4n) is 3.48. The highest BCUT2D eigenvalue weighted by Gasteiger charge is 2.30. The number of pyridine rings is 1. The average molecular weight is 400 g/mol. The molecule has 3 aromatic rings. The second kappa shape index (κ2) is 7.69. The highest BCUT2D eigenvalue weighted by molar-refractivity contribution is 5.79. The van der Waals surface area contributed by atoms with Gasteiger partial charge in [0.1, 0.15) is 0 Å². The van der Waals surface area contributed by atoms with E-state index in [0.29, 0.717) is 25.2 Å². The zero-order valence-corrected chi connectivity index (χ0v) is 15.6. The van der Waals surface area contributed by atoms with E-state index < -0.39 is 11.7 Å². The van der Waals surface area contributed by atoms with Crippen LogP contribution in [0.5, 0.6) is 0 Å². The molecule has 0 aliphatic carbocycles. The predicted octanol–water partition coefficient (Wildman–Crippen LogP) is 3.94. The summed E-state index contributed by atoms with van der Waals surface area (Å²) in [6.07, 6.45) is -0.346. The van der Waals surface area contributed by atoms with Crippen LogP contribution >= 0.6 is 0 Å². The standard InChI is InChI=1S/C21H19F3N4O/c22-21(23,24)17-4-1-3-15(11-17)12-20(29)27-9-2-10-28-18(14-27)13-19(26-28)16-5-7-25-8-6-16/h1,3-8,11,13H,2,9-10,12,14H2. The molecule has 1 aliphatic heterocycles. The molecule has 0 radical (unpaired) electrons. The molecule has 0 saturated heterocycles. The summed E-state index contributed by atoms with van der Waals surface area (Å²) in [5, 5.41) is 4.62. The van der Waals surface area contributed by atoms with Crippen LogP contribution in [0.4, 0.5) is 13.2 Å². The van der Waals surface area contributed by atoms with Crippen LogP contribution in [0.1, 0.15) is 23.2 Å². The number of aromatic nitrogens is 3. The molecule has 3 heterocycles. The van der Waals surface area contributed by atoms with Crippen LogP contribution in [-0.2, 0) is 30.5 Å². The lowest BCUT2D eigenvalue weighted by atomic mass is 10.1. The van der Waals surface area contributed by atoms with E-state index in [9.17, 15) is 18.0 Å². The first kappa shape index (κ1) is 19.2. The summed E-state index contributed by atoms with van der Waals surface area (Å²) in [5.41, 5.74) is 2.29. The van der Waals surface area contributed by atoms with Gasteiger partial charge < -0.3 is 4.90 Å². The minimum Gasteiger partial charge on any atom is -0.336 e. The van der Waals surface area contributed by atoms with Gasteiger partial charge in [-0.3, -0.25) is 14.5 Å². The number of alkyl halides is 3. The maximum atomic E-state index is 12.9. The van der Waals surface area contributed by atoms with E-state index in [2.05, 4.69) is 10.1 Å². The molecule has 0 spiro atoms. The van der Waals surface area contributed by atoms with Crippen molar-refractivity contribution in [2.45, 2.75) is 32.1 Å². The average Bonchev–Trinajstić information content (AvgIpc) is 2.99. The van der Waals surface area contributed by atoms with Gasteiger partial charge in [-0.2, -0.15) is 18.3 Å². The van der Waals surface area contributed by atoms with Crippen molar-refractivity contribution < 1.29 is 18.0 Å². The molecule has 0 bridgehead atoms. The zero-order chi connectivity index (χ0) is 20.4. The lowest BCUT2D eigenvalue weighted by molar-refractivity contribution is -0.138. The Bertz CT molecular complexity index is 1010. The molecule has 8 heteroatoms. The van der Waals surface area contributed by atoms with Gasteiger partial charge >= 0.3 is 6.18 Å². The van der Waals surface area contributed by atoms with Crippen molar-refractivity contribution in [3.63, 3.8) is 0 Å². The molecule has 1 aliphatic rings. The van der Waals surface area contributed by atoms with Gasteiger partial charge in [0.2, 0.25) is 5.91 Å². The maximum Gasteiger partial charge on any atom is 0.416 e. The summed E-state index contributed by atoms with van der Waals surface area (Å²) >= 11 is 0. The fraction of sp³-hybridized carbons (Fsp3) is 0.286. The largest absolute Gasteiger partial charge is 0.416 e. The first-order valence-electron chi connectivity index (χ1n) is 9.31. The maximum absolute atomic E-state index is 12.9. The Morgan fingerprint density at radius 3 is 2.62 bits per heavy atom. The molecule has 1 amide bonds. The Balaban J connectivity index is 1.50. The number of hydrogen-bond acceptors (Lipinski definition) is 3. The Hall–Kier alpha value is -3.16. The molecule has 0 saturated carbocycles. The molecule has 0 N–H and O–H groups in total. The Morgan fingerprint density at radius 2 is 1.86 bits per heavy atom. The van der Waals surface area contributed by atoms with Gasteiger partial charge in [0, 0.05) is 31.0 Å². The zero-order valence-electron chi connectivity index (χ0n) is 15.6. The van der Waals surface area contributed by atoms with E-state index in [1.54, 1.807) is 23.4 Å². The third-order valence-corrected chi connectivity index (χ3v) is 4.95. The van der Waals surface area contributed by atoms with Gasteiger partial charge in [-0.05, 0) is 36.2 Å². The third kappa shape index (κ3) is 4.31. The van der Waals surface area contributed by atoms with Crippen LogP contribution in [-0.4, -0.2) is 32.1 Å². The molecule has 0 fully saturated rings. The predicted molar refractivity (Wildman–Crippen MR) is 101 cm³/mol. The molecular formula is C21H19F3N4O. The fourth-order valence-corrected chi connectivity index (χ4v) is 3.48. The lowest BCUT2D eigenvalue weighted by Crippen LogP contribution is -2.32. The number of fused-ring (bicyclic) bond motifs is 1. The first-order chi connectivity index (χ1) is 13.9. The molecule has 2 aromatic heterocycles. The third-order valence-electron chi connectivity index (χ3n) is 4.95. The van der Waals surface area contributed by atoms with E-state index in [1.807, 2.05) is 22.9 Å². The van der Waals surface area contributed by atoms with Gasteiger partial charge in [0.25, 0.3) is 0 Å². The number of nitrogens with zero attached hydrogens (tertiary/aromatic N) is 4. The van der Waals surface area contributed by atoms with Gasteiger partial charge in [0.05, 0.1) is 29.9 Å². The highest BCUT2D eigenvalue weighted by atomic mass is 19.4. The number of aryl methyl sites for hydroxylation is 1. The number of carbonyl (C=O) groups excluding carboxylic acids is 1. The summed E-state index contributed by atoms with van der Waals surface area (Å²) in [5.74, 6) is -0.190. The molecular weight excluding hydrogens is 381 g/mol. The molecule has 0 unspecified atom stereocenters. The second-order valence-electron chi connectivity index (χ2n) is 7.02. The number of amides is 1. The molecule has 29 heavy (non-hydrogen) atoms. The van der Waals surface area contributed by atoms with E-state index in [0.717, 1.165) is 35.5 Å². The van der Waals surface area contributed by atoms with Gasteiger partial charge in [-0.1, -0.05) is 18.2 Å². The van der Waals surface area contributed by atoms with Crippen LogP contribution in [0, 0.1) is 0 Å². The minimum absolute atomic E-state index is 0.0602. The first-order valence-corrected chi connectivity index (χ1v) is 9.31. The summed E-state index contributed by atoms with van der Waals surface area (Å²) in [4.78, 5) is 18.5. The summed E-state index contributed by atoms with van der Waals surface area (Å²) in [7, 11) is 0. The molecule has 150 valence electrons.